The topological polar surface area (TPSA) is 19.4 Å². The van der Waals surface area contributed by atoms with Crippen LogP contribution in [0.1, 0.15) is 11.3 Å². The van der Waals surface area contributed by atoms with E-state index in [0.717, 1.165) is 38.4 Å². The Balaban J connectivity index is 1.43. The van der Waals surface area contributed by atoms with E-state index in [4.69, 9.17) is 11.6 Å². The van der Waals surface area contributed by atoms with Gasteiger partial charge < -0.3 is 4.90 Å². The molecule has 0 saturated carbocycles. The van der Waals surface area contributed by atoms with Gasteiger partial charge in [-0.25, -0.2) is 0 Å². The Labute approximate surface area is 166 Å². The summed E-state index contributed by atoms with van der Waals surface area (Å²) in [6.45, 7) is 3.71. The van der Waals surface area contributed by atoms with Crippen LogP contribution < -0.4 is 4.90 Å². The van der Waals surface area contributed by atoms with Gasteiger partial charge in [0, 0.05) is 50.0 Å². The van der Waals surface area contributed by atoms with Crippen molar-refractivity contribution < 1.29 is 13.2 Å². The highest BCUT2D eigenvalue weighted by Gasteiger charge is 2.31. The molecular formula is C21H19ClF3N3. The van der Waals surface area contributed by atoms with E-state index in [1.807, 2.05) is 12.1 Å². The number of halogens is 4. The van der Waals surface area contributed by atoms with Crippen LogP contribution in [0.25, 0.3) is 10.8 Å². The zero-order valence-electron chi connectivity index (χ0n) is 15.1. The molecule has 0 unspecified atom stereocenters. The smallest absolute Gasteiger partial charge is 0.368 e. The Morgan fingerprint density at radius 3 is 2.39 bits per heavy atom. The van der Waals surface area contributed by atoms with E-state index in [1.54, 1.807) is 0 Å². The van der Waals surface area contributed by atoms with Gasteiger partial charge in [0.2, 0.25) is 0 Å². The first-order chi connectivity index (χ1) is 13.4. The molecular weight excluding hydrogens is 387 g/mol. The van der Waals surface area contributed by atoms with Gasteiger partial charge in [0.15, 0.2) is 0 Å². The summed E-state index contributed by atoms with van der Waals surface area (Å²) in [5, 5.41) is 2.50. The van der Waals surface area contributed by atoms with Crippen LogP contribution in [-0.2, 0) is 12.7 Å². The maximum absolute atomic E-state index is 12.8. The summed E-state index contributed by atoms with van der Waals surface area (Å²) < 4.78 is 38.3. The second-order valence-corrected chi connectivity index (χ2v) is 7.32. The number of fused-ring (bicyclic) bond motifs is 1. The Hall–Kier alpha value is -2.31. The van der Waals surface area contributed by atoms with Crippen molar-refractivity contribution in [2.45, 2.75) is 12.7 Å². The summed E-state index contributed by atoms with van der Waals surface area (Å²) >= 11 is 6.04. The first-order valence-corrected chi connectivity index (χ1v) is 9.46. The van der Waals surface area contributed by atoms with E-state index < -0.39 is 11.7 Å². The van der Waals surface area contributed by atoms with E-state index >= 15 is 0 Å². The summed E-state index contributed by atoms with van der Waals surface area (Å²) in [4.78, 5) is 8.47. The molecule has 2 heterocycles. The molecule has 0 N–H and O–H groups in total. The summed E-state index contributed by atoms with van der Waals surface area (Å²) in [6.07, 6.45) is -3.58. The van der Waals surface area contributed by atoms with Crippen molar-refractivity contribution in [1.82, 2.24) is 9.88 Å². The molecule has 0 aliphatic carbocycles. The molecule has 1 aliphatic heterocycles. The number of alkyl halides is 3. The number of hydrogen-bond acceptors (Lipinski definition) is 3. The molecule has 7 heteroatoms. The predicted molar refractivity (Wildman–Crippen MR) is 106 cm³/mol. The standard InChI is InChI=1S/C21H19ClF3N3/c22-18-12-16(21(23,24)25)13-26-19(18)14-27-8-10-28(11-9-27)20-7-3-5-15-4-1-2-6-17(15)20/h1-7,12-13H,8-11,14H2. The van der Waals surface area contributed by atoms with Crippen molar-refractivity contribution in [3.8, 4) is 0 Å². The minimum Gasteiger partial charge on any atom is -0.368 e. The molecule has 3 nitrogen and oxygen atoms in total. The van der Waals surface area contributed by atoms with Gasteiger partial charge in [0.1, 0.15) is 0 Å². The fraction of sp³-hybridized carbons (Fsp3) is 0.286. The van der Waals surface area contributed by atoms with Gasteiger partial charge in [0.05, 0.1) is 16.3 Å². The third-order valence-corrected chi connectivity index (χ3v) is 5.42. The summed E-state index contributed by atoms with van der Waals surface area (Å²) in [7, 11) is 0. The fourth-order valence-electron chi connectivity index (χ4n) is 3.58. The summed E-state index contributed by atoms with van der Waals surface area (Å²) in [6, 6.07) is 15.6. The minimum atomic E-state index is -4.43. The van der Waals surface area contributed by atoms with Gasteiger partial charge in [-0.05, 0) is 17.5 Å². The van der Waals surface area contributed by atoms with Gasteiger partial charge in [-0.15, -0.1) is 0 Å². The number of pyridine rings is 1. The number of aromatic nitrogens is 1. The number of anilines is 1. The van der Waals surface area contributed by atoms with Crippen molar-refractivity contribution >= 4 is 28.1 Å². The van der Waals surface area contributed by atoms with Crippen molar-refractivity contribution in [1.29, 1.82) is 0 Å². The Bertz CT molecular complexity index is 977. The summed E-state index contributed by atoms with van der Waals surface area (Å²) in [5.74, 6) is 0. The second kappa shape index (κ2) is 7.60. The fourth-order valence-corrected chi connectivity index (χ4v) is 3.81. The van der Waals surface area contributed by atoms with Crippen molar-refractivity contribution in [2.75, 3.05) is 31.1 Å². The Morgan fingerprint density at radius 2 is 1.68 bits per heavy atom. The van der Waals surface area contributed by atoms with Gasteiger partial charge in [-0.1, -0.05) is 48.0 Å². The van der Waals surface area contributed by atoms with Crippen LogP contribution in [0.4, 0.5) is 18.9 Å². The maximum atomic E-state index is 12.8. The van der Waals surface area contributed by atoms with Crippen molar-refractivity contribution in [3.63, 3.8) is 0 Å². The zero-order valence-corrected chi connectivity index (χ0v) is 15.8. The quantitative estimate of drug-likeness (QED) is 0.595. The second-order valence-electron chi connectivity index (χ2n) is 6.91. The lowest BCUT2D eigenvalue weighted by molar-refractivity contribution is -0.137. The lowest BCUT2D eigenvalue weighted by atomic mass is 10.1. The molecule has 28 heavy (non-hydrogen) atoms. The molecule has 0 radical (unpaired) electrons. The van der Waals surface area contributed by atoms with Crippen molar-refractivity contribution in [3.05, 3.63) is 71.0 Å². The Morgan fingerprint density at radius 1 is 0.964 bits per heavy atom. The number of hydrogen-bond donors (Lipinski definition) is 0. The average molecular weight is 406 g/mol. The molecule has 0 atom stereocenters. The molecule has 0 spiro atoms. The van der Waals surface area contributed by atoms with Crippen LogP contribution in [0.2, 0.25) is 5.02 Å². The molecule has 1 saturated heterocycles. The first kappa shape index (κ1) is 19.0. The zero-order chi connectivity index (χ0) is 19.7. The van der Waals surface area contributed by atoms with Crippen LogP contribution >= 0.6 is 11.6 Å². The van der Waals surface area contributed by atoms with Gasteiger partial charge in [-0.3, -0.25) is 9.88 Å². The van der Waals surface area contributed by atoms with Crippen LogP contribution in [0.5, 0.6) is 0 Å². The van der Waals surface area contributed by atoms with E-state index in [0.29, 0.717) is 12.2 Å². The van der Waals surface area contributed by atoms with E-state index in [1.165, 1.54) is 16.5 Å². The third-order valence-electron chi connectivity index (χ3n) is 5.10. The lowest BCUT2D eigenvalue weighted by Gasteiger charge is -2.36. The highest BCUT2D eigenvalue weighted by atomic mass is 35.5. The SMILES string of the molecule is FC(F)(F)c1cnc(CN2CCN(c3cccc4ccccc34)CC2)c(Cl)c1. The molecule has 146 valence electrons. The first-order valence-electron chi connectivity index (χ1n) is 9.08. The number of piperazine rings is 1. The van der Waals surface area contributed by atoms with Crippen molar-refractivity contribution in [2.24, 2.45) is 0 Å². The normalized spacial score (nSPS) is 15.9. The Kier molecular flexibility index (Phi) is 5.17. The van der Waals surface area contributed by atoms with Gasteiger partial charge >= 0.3 is 6.18 Å². The molecule has 1 aliphatic rings. The number of rotatable bonds is 3. The lowest BCUT2D eigenvalue weighted by Crippen LogP contribution is -2.46. The van der Waals surface area contributed by atoms with E-state index in [9.17, 15) is 13.2 Å². The molecule has 0 amide bonds. The third kappa shape index (κ3) is 3.93. The number of benzene rings is 2. The molecule has 1 aromatic heterocycles. The van der Waals surface area contributed by atoms with Crippen LogP contribution in [-0.4, -0.2) is 36.1 Å². The maximum Gasteiger partial charge on any atom is 0.417 e. The highest BCUT2D eigenvalue weighted by Crippen LogP contribution is 2.32. The highest BCUT2D eigenvalue weighted by molar-refractivity contribution is 6.31. The van der Waals surface area contributed by atoms with E-state index in [-0.39, 0.29) is 5.02 Å². The monoisotopic (exact) mass is 405 g/mol. The molecule has 2 aromatic carbocycles. The van der Waals surface area contributed by atoms with Gasteiger partial charge in [0.25, 0.3) is 0 Å². The molecule has 0 bridgehead atoms. The average Bonchev–Trinajstić information content (AvgIpc) is 2.69. The molecule has 3 aromatic rings. The molecule has 4 rings (SSSR count). The van der Waals surface area contributed by atoms with Crippen LogP contribution in [0.3, 0.4) is 0 Å². The minimum absolute atomic E-state index is 0.0614. The van der Waals surface area contributed by atoms with E-state index in [2.05, 4.69) is 45.1 Å². The summed E-state index contributed by atoms with van der Waals surface area (Å²) in [5.41, 5.74) is 0.874. The van der Waals surface area contributed by atoms with Crippen LogP contribution in [0.15, 0.2) is 54.7 Å². The van der Waals surface area contributed by atoms with Crippen LogP contribution in [0, 0.1) is 0 Å². The molecule has 1 fully saturated rings. The van der Waals surface area contributed by atoms with Gasteiger partial charge in [-0.2, -0.15) is 13.2 Å². The largest absolute Gasteiger partial charge is 0.417 e. The predicted octanol–water partition coefficient (Wildman–Crippen LogP) is 5.23. The number of nitrogens with zero attached hydrogens (tertiary/aromatic N) is 3.